The number of sulfone groups is 2. The van der Waals surface area contributed by atoms with Crippen molar-refractivity contribution in [2.45, 2.75) is 37.5 Å². The molecule has 2 aromatic carbocycles. The van der Waals surface area contributed by atoms with Crippen LogP contribution in [-0.2, 0) is 19.7 Å². The first kappa shape index (κ1) is 45.6. The Bertz CT molecular complexity index is 3200. The predicted molar refractivity (Wildman–Crippen MR) is 239 cm³/mol. The number of benzene rings is 2. The van der Waals surface area contributed by atoms with Crippen molar-refractivity contribution in [1.29, 1.82) is 0 Å². The van der Waals surface area contributed by atoms with E-state index in [1.165, 1.54) is 30.5 Å². The molecule has 0 radical (unpaired) electrons. The normalized spacial score (nSPS) is 11.4. The van der Waals surface area contributed by atoms with E-state index in [1.807, 2.05) is 13.8 Å². The summed E-state index contributed by atoms with van der Waals surface area (Å²) in [4.78, 5) is 28.7. The van der Waals surface area contributed by atoms with Crippen molar-refractivity contribution in [3.8, 4) is 0 Å². The van der Waals surface area contributed by atoms with Gasteiger partial charge in [0.15, 0.2) is 42.6 Å². The molecule has 8 rings (SSSR count). The summed E-state index contributed by atoms with van der Waals surface area (Å²) < 4.78 is 73.7. The van der Waals surface area contributed by atoms with E-state index in [0.29, 0.717) is 62.4 Å². The lowest BCUT2D eigenvalue weighted by molar-refractivity contribution is 0.600. The summed E-state index contributed by atoms with van der Waals surface area (Å²) in [5, 5.41) is 18.2. The molecule has 0 fully saturated rings. The zero-order chi connectivity index (χ0) is 46.0. The Kier molecular flexibility index (Phi) is 13.2. The number of nitrogen functional groups attached to an aromatic ring is 1. The molecule has 0 unspecified atom stereocenters. The van der Waals surface area contributed by atoms with Crippen molar-refractivity contribution >= 4 is 93.9 Å². The number of aromatic nitrogens is 10. The molecule has 5 N–H and O–H groups in total. The van der Waals surface area contributed by atoms with Crippen LogP contribution >= 0.6 is 11.6 Å². The lowest BCUT2D eigenvalue weighted by Crippen LogP contribution is -2.13. The highest BCUT2D eigenvalue weighted by molar-refractivity contribution is 7.91. The first-order chi connectivity index (χ1) is 29.6. The van der Waals surface area contributed by atoms with E-state index in [1.54, 1.807) is 86.5 Å². The van der Waals surface area contributed by atoms with Crippen LogP contribution in [0.15, 0.2) is 82.8 Å². The summed E-state index contributed by atoms with van der Waals surface area (Å²) in [6.45, 7) is 6.80. The quantitative estimate of drug-likeness (QED) is 0.0883. The van der Waals surface area contributed by atoms with E-state index in [9.17, 15) is 25.6 Å². The molecular formula is C40H41ClF2N14O4S2. The van der Waals surface area contributed by atoms with Gasteiger partial charge in [0.2, 0.25) is 11.2 Å². The van der Waals surface area contributed by atoms with Gasteiger partial charge in [-0.3, -0.25) is 10.2 Å². The molecule has 0 amide bonds. The van der Waals surface area contributed by atoms with Gasteiger partial charge in [-0.05, 0) is 111 Å². The topological polar surface area (TPSA) is 248 Å². The van der Waals surface area contributed by atoms with Gasteiger partial charge in [-0.1, -0.05) is 0 Å². The molecule has 0 spiro atoms. The van der Waals surface area contributed by atoms with Crippen LogP contribution in [-0.4, -0.2) is 93.7 Å². The lowest BCUT2D eigenvalue weighted by atomic mass is 10.2. The number of hydrogen-bond acceptors (Lipinski definition) is 16. The Labute approximate surface area is 365 Å². The second kappa shape index (κ2) is 18.2. The van der Waals surface area contributed by atoms with Gasteiger partial charge in [0.1, 0.15) is 23.3 Å². The molecule has 0 bridgehead atoms. The van der Waals surface area contributed by atoms with Crippen molar-refractivity contribution in [3.05, 3.63) is 112 Å². The van der Waals surface area contributed by atoms with Crippen molar-refractivity contribution in [2.75, 3.05) is 47.5 Å². The standard InChI is InChI=1S/C20H20FN7O2S.C12H10ClFN6.C8H11NO2S/c1-11-7-13(9-14(8-11)31(4,29)30)24-20-22-6-5-17(25-20)28(3)19-15-10-16(21)12(2)23-18(15)26-27-19;1-6-8(14)5-7-10(16-6)18-19-11(7)20(2)9-3-4-15-12(13)17-9;1-6-3-7(9)5-8(4-6)12(2,10)11/h5-10H,1-4H3,(H,22,24,25)(H,23,26,27);3-5H,1-2H3,(H,16,18,19);3-5H,9H2,1-2H3. The number of rotatable bonds is 8. The van der Waals surface area contributed by atoms with Crippen LogP contribution in [0.5, 0.6) is 0 Å². The highest BCUT2D eigenvalue weighted by Crippen LogP contribution is 2.30. The van der Waals surface area contributed by atoms with Gasteiger partial charge in [-0.2, -0.15) is 15.2 Å². The van der Waals surface area contributed by atoms with E-state index < -0.39 is 25.5 Å². The lowest BCUT2D eigenvalue weighted by Gasteiger charge is -2.16. The van der Waals surface area contributed by atoms with Gasteiger partial charge < -0.3 is 20.9 Å². The van der Waals surface area contributed by atoms with E-state index in [2.05, 4.69) is 55.6 Å². The zero-order valence-electron chi connectivity index (χ0n) is 35.1. The molecule has 6 aromatic heterocycles. The number of nitrogens with zero attached hydrogens (tertiary/aromatic N) is 10. The third-order valence-electron chi connectivity index (χ3n) is 9.13. The summed E-state index contributed by atoms with van der Waals surface area (Å²) in [6.07, 6.45) is 5.43. The first-order valence-corrected chi connectivity index (χ1v) is 22.7. The van der Waals surface area contributed by atoms with Gasteiger partial charge in [0.05, 0.1) is 32.0 Å². The molecule has 23 heteroatoms. The van der Waals surface area contributed by atoms with Crippen LogP contribution in [0.1, 0.15) is 22.5 Å². The maximum Gasteiger partial charge on any atom is 0.229 e. The number of nitrogens with two attached hydrogens (primary N) is 1. The maximum absolute atomic E-state index is 14.0. The van der Waals surface area contributed by atoms with Gasteiger partial charge in [0, 0.05) is 50.4 Å². The number of aromatic amines is 2. The Morgan fingerprint density at radius 3 is 1.62 bits per heavy atom. The fourth-order valence-electron chi connectivity index (χ4n) is 6.00. The van der Waals surface area contributed by atoms with Crippen molar-refractivity contribution in [1.82, 2.24) is 50.3 Å². The SMILES string of the molecule is Cc1cc(N)cc(S(C)(=O)=O)c1.Cc1cc(Nc2nccc(N(C)c3n[nH]c4nc(C)c(F)cc34)n2)cc(S(C)(=O)=O)c1.Cc1nc2[nH]nc(N(C)c3ccnc(Cl)n3)c2cc1F. The molecule has 0 saturated heterocycles. The fraction of sp³-hybridized carbons (Fsp3) is 0.200. The molecule has 0 atom stereocenters. The number of halogens is 3. The van der Waals surface area contributed by atoms with Gasteiger partial charge in [-0.25, -0.2) is 50.5 Å². The average molecular weight is 919 g/mol. The molecule has 0 aliphatic heterocycles. The number of pyridine rings is 2. The van der Waals surface area contributed by atoms with E-state index in [-0.39, 0.29) is 32.5 Å². The fourth-order valence-corrected chi connectivity index (χ4v) is 7.63. The maximum atomic E-state index is 14.0. The minimum Gasteiger partial charge on any atom is -0.399 e. The van der Waals surface area contributed by atoms with Crippen LogP contribution in [0.2, 0.25) is 5.28 Å². The number of nitrogens with one attached hydrogen (secondary N) is 3. The van der Waals surface area contributed by atoms with Crippen LogP contribution in [0.4, 0.5) is 49.4 Å². The molecule has 0 saturated carbocycles. The van der Waals surface area contributed by atoms with Crippen molar-refractivity contribution in [3.63, 3.8) is 0 Å². The van der Waals surface area contributed by atoms with E-state index in [4.69, 9.17) is 17.3 Å². The molecule has 18 nitrogen and oxygen atoms in total. The summed E-state index contributed by atoms with van der Waals surface area (Å²) in [6, 6.07) is 15.9. The van der Waals surface area contributed by atoms with Gasteiger partial charge in [0.25, 0.3) is 0 Å². The van der Waals surface area contributed by atoms with Gasteiger partial charge in [-0.15, -0.1) is 0 Å². The Balaban J connectivity index is 0.000000176. The summed E-state index contributed by atoms with van der Waals surface area (Å²) in [7, 11) is -2.98. The number of aryl methyl sites for hydroxylation is 4. The Hall–Kier alpha value is -6.91. The van der Waals surface area contributed by atoms with Crippen molar-refractivity contribution < 1.29 is 25.6 Å². The highest BCUT2D eigenvalue weighted by Gasteiger charge is 2.18. The molecule has 8 aromatic rings. The second-order valence-electron chi connectivity index (χ2n) is 14.3. The highest BCUT2D eigenvalue weighted by atomic mass is 35.5. The van der Waals surface area contributed by atoms with E-state index in [0.717, 1.165) is 17.4 Å². The number of anilines is 7. The second-order valence-corrected chi connectivity index (χ2v) is 18.7. The van der Waals surface area contributed by atoms with Crippen molar-refractivity contribution in [2.24, 2.45) is 0 Å². The predicted octanol–water partition coefficient (Wildman–Crippen LogP) is 7.02. The molecule has 63 heavy (non-hydrogen) atoms. The average Bonchev–Trinajstić information content (AvgIpc) is 3.80. The smallest absolute Gasteiger partial charge is 0.229 e. The van der Waals surface area contributed by atoms with Crippen LogP contribution in [0, 0.1) is 39.3 Å². The largest absolute Gasteiger partial charge is 0.399 e. The molecule has 328 valence electrons. The minimum absolute atomic E-state index is 0.134. The van der Waals surface area contributed by atoms with Crippen LogP contribution in [0.25, 0.3) is 22.1 Å². The number of hydrogen-bond donors (Lipinski definition) is 4. The summed E-state index contributed by atoms with van der Waals surface area (Å²) in [5.41, 5.74) is 9.76. The molecule has 0 aliphatic rings. The monoisotopic (exact) mass is 918 g/mol. The number of fused-ring (bicyclic) bond motifs is 2. The third-order valence-corrected chi connectivity index (χ3v) is 11.5. The minimum atomic E-state index is -3.36. The number of H-pyrrole nitrogens is 2. The molecule has 6 heterocycles. The summed E-state index contributed by atoms with van der Waals surface area (Å²) in [5.74, 6) is 1.50. The summed E-state index contributed by atoms with van der Waals surface area (Å²) >= 11 is 5.77. The first-order valence-electron chi connectivity index (χ1n) is 18.5. The third kappa shape index (κ3) is 10.9. The Morgan fingerprint density at radius 2 is 1.13 bits per heavy atom. The zero-order valence-corrected chi connectivity index (χ0v) is 37.4. The van der Waals surface area contributed by atoms with E-state index >= 15 is 0 Å². The van der Waals surface area contributed by atoms with Crippen LogP contribution in [0.3, 0.4) is 0 Å². The molecule has 0 aliphatic carbocycles. The van der Waals surface area contributed by atoms with Crippen LogP contribution < -0.4 is 20.9 Å². The molecular weight excluding hydrogens is 878 g/mol. The Morgan fingerprint density at radius 1 is 0.651 bits per heavy atom. The van der Waals surface area contributed by atoms with Gasteiger partial charge >= 0.3 is 0 Å².